The zero-order valence-electron chi connectivity index (χ0n) is 28.1. The van der Waals surface area contributed by atoms with E-state index in [1.54, 1.807) is 0 Å². The maximum absolute atomic E-state index is 4.95. The Morgan fingerprint density at radius 1 is 0.465 bits per heavy atom. The fourth-order valence-corrected chi connectivity index (χ4v) is 5.70. The van der Waals surface area contributed by atoms with E-state index in [0.29, 0.717) is 0 Å². The molecule has 2 aromatic carbocycles. The highest BCUT2D eigenvalue weighted by Gasteiger charge is 2.05. The van der Waals surface area contributed by atoms with Crippen molar-refractivity contribution < 1.29 is 0 Å². The maximum Gasteiger partial charge on any atom is 0.0848 e. The monoisotopic (exact) mass is 585 g/mol. The van der Waals surface area contributed by atoms with E-state index in [2.05, 4.69) is 50.3 Å². The maximum atomic E-state index is 4.95. The van der Waals surface area contributed by atoms with Crippen LogP contribution >= 0.6 is 0 Å². The highest BCUT2D eigenvalue weighted by molar-refractivity contribution is 6.47. The third-order valence-corrected chi connectivity index (χ3v) is 8.41. The van der Waals surface area contributed by atoms with Crippen LogP contribution in [0.25, 0.3) is 0 Å². The Morgan fingerprint density at radius 3 is 1.23 bits per heavy atom. The lowest BCUT2D eigenvalue weighted by Crippen LogP contribution is -2.10. The zero-order chi connectivity index (χ0) is 30.5. The lowest BCUT2D eigenvalue weighted by atomic mass is 10.0. The molecule has 0 spiro atoms. The molecule has 43 heavy (non-hydrogen) atoms. The highest BCUT2D eigenvalue weighted by Crippen LogP contribution is 2.17. The van der Waals surface area contributed by atoms with Crippen LogP contribution in [-0.4, -0.2) is 11.4 Å². The van der Waals surface area contributed by atoms with Crippen molar-refractivity contribution in [2.45, 2.75) is 162 Å². The summed E-state index contributed by atoms with van der Waals surface area (Å²) in [4.78, 5) is 9.87. The number of aliphatic imine (C=N–C) groups is 2. The van der Waals surface area contributed by atoms with Crippen molar-refractivity contribution in [2.24, 2.45) is 9.98 Å². The van der Waals surface area contributed by atoms with E-state index < -0.39 is 0 Å². The number of para-hydroxylation sites is 2. The summed E-state index contributed by atoms with van der Waals surface area (Å²) < 4.78 is 0. The lowest BCUT2D eigenvalue weighted by molar-refractivity contribution is 0.520. The van der Waals surface area contributed by atoms with Crippen molar-refractivity contribution in [3.05, 3.63) is 72.8 Å². The van der Waals surface area contributed by atoms with Crippen LogP contribution in [0, 0.1) is 0 Å². The predicted molar refractivity (Wildman–Crippen MR) is 194 cm³/mol. The molecule has 0 bridgehead atoms. The topological polar surface area (TPSA) is 24.7 Å². The van der Waals surface area contributed by atoms with Crippen LogP contribution in [0.15, 0.2) is 82.8 Å². The molecule has 0 amide bonds. The molecule has 2 aromatic rings. The standard InChI is InChI=1S/C41H64N2/c1-3-5-6-7-8-9-10-11-12-13-14-15-16-17-18-19-20-21-22-23-24-25-32-37-41(43-39-35-30-27-31-36-39)40(4-2)42-38-33-28-26-29-34-38/h26-37H,3-25H2,1-2H3/b37-32+,42-40?,43-41?. The van der Waals surface area contributed by atoms with E-state index in [1.807, 2.05) is 36.4 Å². The number of unbranched alkanes of at least 4 members (excludes halogenated alkanes) is 21. The van der Waals surface area contributed by atoms with Crippen molar-refractivity contribution in [3.63, 3.8) is 0 Å². The van der Waals surface area contributed by atoms with E-state index in [1.165, 1.54) is 135 Å². The van der Waals surface area contributed by atoms with Gasteiger partial charge in [-0.1, -0.05) is 185 Å². The SMILES string of the molecule is CCCCCCCCCCCCCCCCCCCCCCC/C=C/C(=Nc1ccccc1)C(CC)=Nc1ccccc1. The fraction of sp³-hybridized carbons (Fsp3) is 0.610. The molecule has 0 aliphatic rings. The van der Waals surface area contributed by atoms with Crippen LogP contribution in [0.4, 0.5) is 11.4 Å². The highest BCUT2D eigenvalue weighted by atomic mass is 14.8. The van der Waals surface area contributed by atoms with Crippen molar-refractivity contribution in [1.29, 1.82) is 0 Å². The van der Waals surface area contributed by atoms with Gasteiger partial charge < -0.3 is 0 Å². The molecule has 238 valence electrons. The minimum absolute atomic E-state index is 0.851. The van der Waals surface area contributed by atoms with Gasteiger partial charge in [-0.3, -0.25) is 4.99 Å². The van der Waals surface area contributed by atoms with E-state index >= 15 is 0 Å². The van der Waals surface area contributed by atoms with Gasteiger partial charge in [0.15, 0.2) is 0 Å². The molecule has 0 N–H and O–H groups in total. The third-order valence-electron chi connectivity index (χ3n) is 8.41. The van der Waals surface area contributed by atoms with Crippen LogP contribution in [0.3, 0.4) is 0 Å². The molecular weight excluding hydrogens is 520 g/mol. The quantitative estimate of drug-likeness (QED) is 0.0737. The summed E-state index contributed by atoms with van der Waals surface area (Å²) in [5, 5.41) is 0. The molecule has 0 aliphatic carbocycles. The fourth-order valence-electron chi connectivity index (χ4n) is 5.70. The van der Waals surface area contributed by atoms with Gasteiger partial charge in [0.05, 0.1) is 22.8 Å². The Morgan fingerprint density at radius 2 is 0.837 bits per heavy atom. The lowest BCUT2D eigenvalue weighted by Gasteiger charge is -2.06. The first-order valence-electron chi connectivity index (χ1n) is 18.3. The molecule has 0 unspecified atom stereocenters. The number of hydrogen-bond acceptors (Lipinski definition) is 2. The van der Waals surface area contributed by atoms with E-state index in [9.17, 15) is 0 Å². The van der Waals surface area contributed by atoms with Crippen LogP contribution in [-0.2, 0) is 0 Å². The molecular formula is C41H64N2. The van der Waals surface area contributed by atoms with Gasteiger partial charge in [0, 0.05) is 0 Å². The number of hydrogen-bond donors (Lipinski definition) is 0. The first-order valence-corrected chi connectivity index (χ1v) is 18.3. The second-order valence-corrected chi connectivity index (χ2v) is 12.3. The van der Waals surface area contributed by atoms with Gasteiger partial charge in [0.1, 0.15) is 0 Å². The number of nitrogens with zero attached hydrogens (tertiary/aromatic N) is 2. The van der Waals surface area contributed by atoms with Crippen LogP contribution < -0.4 is 0 Å². The normalized spacial score (nSPS) is 12.4. The van der Waals surface area contributed by atoms with Crippen LogP contribution in [0.1, 0.15) is 162 Å². The Hall–Kier alpha value is -2.48. The molecule has 2 nitrogen and oxygen atoms in total. The first kappa shape index (κ1) is 36.7. The van der Waals surface area contributed by atoms with Gasteiger partial charge in [0.25, 0.3) is 0 Å². The molecule has 0 saturated carbocycles. The molecule has 0 atom stereocenters. The summed E-state index contributed by atoms with van der Waals surface area (Å²) in [5.74, 6) is 0. The summed E-state index contributed by atoms with van der Waals surface area (Å²) in [6.07, 6.45) is 36.4. The predicted octanol–water partition coefficient (Wildman–Crippen LogP) is 14.1. The van der Waals surface area contributed by atoms with Gasteiger partial charge in [-0.2, -0.15) is 0 Å². The first-order chi connectivity index (χ1) is 21.3. The van der Waals surface area contributed by atoms with Crippen molar-refractivity contribution in [1.82, 2.24) is 0 Å². The van der Waals surface area contributed by atoms with E-state index in [-0.39, 0.29) is 0 Å². The average molecular weight is 585 g/mol. The number of benzene rings is 2. The van der Waals surface area contributed by atoms with Gasteiger partial charge in [-0.05, 0) is 49.6 Å². The Bertz CT molecular complexity index is 973. The van der Waals surface area contributed by atoms with E-state index in [4.69, 9.17) is 9.98 Å². The summed E-state index contributed by atoms with van der Waals surface area (Å²) in [6, 6.07) is 20.5. The third kappa shape index (κ3) is 20.2. The van der Waals surface area contributed by atoms with Gasteiger partial charge in [-0.15, -0.1) is 0 Å². The Kier molecular flexibility index (Phi) is 23.1. The van der Waals surface area contributed by atoms with Crippen molar-refractivity contribution in [3.8, 4) is 0 Å². The average Bonchev–Trinajstić information content (AvgIpc) is 3.04. The largest absolute Gasteiger partial charge is 0.251 e. The molecule has 2 rings (SSSR count). The minimum Gasteiger partial charge on any atom is -0.251 e. The van der Waals surface area contributed by atoms with Crippen LogP contribution in [0.5, 0.6) is 0 Å². The molecule has 2 heteroatoms. The van der Waals surface area contributed by atoms with Gasteiger partial charge in [-0.25, -0.2) is 4.99 Å². The molecule has 0 radical (unpaired) electrons. The van der Waals surface area contributed by atoms with Crippen molar-refractivity contribution in [2.75, 3.05) is 0 Å². The minimum atomic E-state index is 0.851. The summed E-state index contributed by atoms with van der Waals surface area (Å²) in [7, 11) is 0. The number of rotatable bonds is 27. The molecule has 0 aromatic heterocycles. The second kappa shape index (κ2) is 27.1. The molecule has 0 saturated heterocycles. The second-order valence-electron chi connectivity index (χ2n) is 12.3. The summed E-state index contributed by atoms with van der Waals surface area (Å²) >= 11 is 0. The Labute approximate surface area is 266 Å². The summed E-state index contributed by atoms with van der Waals surface area (Å²) in [5.41, 5.74) is 3.97. The van der Waals surface area contributed by atoms with Gasteiger partial charge >= 0.3 is 0 Å². The smallest absolute Gasteiger partial charge is 0.0848 e. The van der Waals surface area contributed by atoms with Gasteiger partial charge in [0.2, 0.25) is 0 Å². The molecule has 0 aliphatic heterocycles. The Balaban J connectivity index is 1.49. The molecule has 0 fully saturated rings. The molecule has 0 heterocycles. The summed E-state index contributed by atoms with van der Waals surface area (Å²) in [6.45, 7) is 4.46. The zero-order valence-corrected chi connectivity index (χ0v) is 28.1. The number of allylic oxidation sites excluding steroid dienone is 2. The van der Waals surface area contributed by atoms with Crippen LogP contribution in [0.2, 0.25) is 0 Å². The van der Waals surface area contributed by atoms with Crippen molar-refractivity contribution >= 4 is 22.8 Å². The van der Waals surface area contributed by atoms with E-state index in [0.717, 1.165) is 35.6 Å².